The summed E-state index contributed by atoms with van der Waals surface area (Å²) in [5.74, 6) is 1.88. The van der Waals surface area contributed by atoms with Crippen molar-refractivity contribution >= 4 is 17.3 Å². The zero-order valence-electron chi connectivity index (χ0n) is 17.3. The predicted octanol–water partition coefficient (Wildman–Crippen LogP) is 3.94. The molecule has 3 rings (SSSR count). The van der Waals surface area contributed by atoms with Crippen molar-refractivity contribution in [1.82, 2.24) is 15.2 Å². The van der Waals surface area contributed by atoms with E-state index in [0.29, 0.717) is 6.10 Å². The van der Waals surface area contributed by atoms with Crippen LogP contribution in [0.25, 0.3) is 0 Å². The molecular weight excluding hydrogens is 356 g/mol. The fourth-order valence-electron chi connectivity index (χ4n) is 4.18. The van der Waals surface area contributed by atoms with Crippen LogP contribution in [0.4, 0.5) is 0 Å². The van der Waals surface area contributed by atoms with Crippen molar-refractivity contribution in [2.75, 3.05) is 32.8 Å². The minimum atomic E-state index is 0.438. The molecule has 0 amide bonds. The normalized spacial score (nSPS) is 19.8. The Hall–Kier alpha value is -1.14. The van der Waals surface area contributed by atoms with Gasteiger partial charge in [-0.3, -0.25) is 4.99 Å². The number of nitrogens with one attached hydrogen (secondary N) is 1. The molecule has 0 unspecified atom stereocenters. The van der Waals surface area contributed by atoms with E-state index < -0.39 is 0 Å². The van der Waals surface area contributed by atoms with E-state index in [4.69, 9.17) is 9.73 Å². The molecule has 1 saturated heterocycles. The average Bonchev–Trinajstić information content (AvgIpc) is 3.29. The van der Waals surface area contributed by atoms with Crippen molar-refractivity contribution in [3.8, 4) is 0 Å². The molecule has 6 heteroatoms. The summed E-state index contributed by atoms with van der Waals surface area (Å²) in [6.07, 6.45) is 9.18. The monoisotopic (exact) mass is 392 g/mol. The van der Waals surface area contributed by atoms with Gasteiger partial charge in [0.1, 0.15) is 0 Å². The van der Waals surface area contributed by atoms with E-state index >= 15 is 0 Å². The Morgan fingerprint density at radius 2 is 1.96 bits per heavy atom. The van der Waals surface area contributed by atoms with Crippen molar-refractivity contribution < 1.29 is 4.74 Å². The van der Waals surface area contributed by atoms with Crippen LogP contribution < -0.4 is 5.32 Å². The first kappa shape index (κ1) is 20.6. The fourth-order valence-corrected chi connectivity index (χ4v) is 5.10. The average molecular weight is 393 g/mol. The SMILES string of the molecule is CCNC(=NCCc1sc(C)nc1C)N1CCC(OCC2CCCC2)CC1. The Morgan fingerprint density at radius 1 is 1.22 bits per heavy atom. The summed E-state index contributed by atoms with van der Waals surface area (Å²) in [4.78, 5) is 13.2. The third-order valence-corrected chi connectivity index (χ3v) is 6.85. The molecule has 5 nitrogen and oxygen atoms in total. The van der Waals surface area contributed by atoms with Crippen molar-refractivity contribution in [2.45, 2.75) is 71.8 Å². The van der Waals surface area contributed by atoms with E-state index in [0.717, 1.165) is 74.6 Å². The quantitative estimate of drug-likeness (QED) is 0.564. The number of rotatable bonds is 7. The van der Waals surface area contributed by atoms with Gasteiger partial charge in [-0.25, -0.2) is 4.98 Å². The minimum Gasteiger partial charge on any atom is -0.378 e. The van der Waals surface area contributed by atoms with Gasteiger partial charge in [-0.1, -0.05) is 12.8 Å². The van der Waals surface area contributed by atoms with Crippen LogP contribution in [0.5, 0.6) is 0 Å². The first-order chi connectivity index (χ1) is 13.2. The van der Waals surface area contributed by atoms with Gasteiger partial charge < -0.3 is 15.0 Å². The first-order valence-electron chi connectivity index (χ1n) is 10.7. The standard InChI is InChI=1S/C21H36N4OS/c1-4-22-21(23-12-9-20-16(2)24-17(3)27-20)25-13-10-19(11-14-25)26-15-18-7-5-6-8-18/h18-19H,4-15H2,1-3H3,(H,22,23). The second kappa shape index (κ2) is 10.4. The van der Waals surface area contributed by atoms with Gasteiger partial charge in [0.05, 0.1) is 16.8 Å². The number of likely N-dealkylation sites (tertiary alicyclic amines) is 1. The van der Waals surface area contributed by atoms with Crippen LogP contribution in [-0.4, -0.2) is 54.7 Å². The maximum Gasteiger partial charge on any atom is 0.193 e. The lowest BCUT2D eigenvalue weighted by Crippen LogP contribution is -2.47. The highest BCUT2D eigenvalue weighted by molar-refractivity contribution is 7.11. The van der Waals surface area contributed by atoms with Crippen LogP contribution in [0.3, 0.4) is 0 Å². The molecule has 2 aliphatic rings. The van der Waals surface area contributed by atoms with Crippen molar-refractivity contribution in [1.29, 1.82) is 0 Å². The number of nitrogens with zero attached hydrogens (tertiary/aromatic N) is 3. The van der Waals surface area contributed by atoms with E-state index in [9.17, 15) is 0 Å². The maximum absolute atomic E-state index is 6.22. The van der Waals surface area contributed by atoms with Crippen LogP contribution in [-0.2, 0) is 11.2 Å². The molecule has 1 saturated carbocycles. The number of aliphatic imine (C=N–C) groups is 1. The van der Waals surface area contributed by atoms with Gasteiger partial charge in [-0.2, -0.15) is 0 Å². The summed E-state index contributed by atoms with van der Waals surface area (Å²) in [6.45, 7) is 11.1. The lowest BCUT2D eigenvalue weighted by atomic mass is 10.1. The lowest BCUT2D eigenvalue weighted by molar-refractivity contribution is 0.00102. The summed E-state index contributed by atoms with van der Waals surface area (Å²) in [5.41, 5.74) is 1.16. The molecule has 1 aliphatic heterocycles. The smallest absolute Gasteiger partial charge is 0.193 e. The topological polar surface area (TPSA) is 49.8 Å². The van der Waals surface area contributed by atoms with Crippen LogP contribution in [0.15, 0.2) is 4.99 Å². The second-order valence-electron chi connectivity index (χ2n) is 7.90. The maximum atomic E-state index is 6.22. The molecule has 2 heterocycles. The van der Waals surface area contributed by atoms with Crippen molar-refractivity contribution in [2.24, 2.45) is 10.9 Å². The number of aryl methyl sites for hydroxylation is 2. The van der Waals surface area contributed by atoms with E-state index in [2.05, 4.69) is 36.0 Å². The van der Waals surface area contributed by atoms with E-state index in [-0.39, 0.29) is 0 Å². The molecule has 1 aliphatic carbocycles. The summed E-state index contributed by atoms with van der Waals surface area (Å²) < 4.78 is 6.22. The molecule has 2 fully saturated rings. The van der Waals surface area contributed by atoms with Crippen LogP contribution in [0, 0.1) is 19.8 Å². The molecule has 1 aromatic heterocycles. The van der Waals surface area contributed by atoms with Gasteiger partial charge in [0.2, 0.25) is 0 Å². The summed E-state index contributed by atoms with van der Waals surface area (Å²) >= 11 is 1.80. The molecule has 0 spiro atoms. The largest absolute Gasteiger partial charge is 0.378 e. The van der Waals surface area contributed by atoms with Gasteiger partial charge in [-0.05, 0) is 52.4 Å². The van der Waals surface area contributed by atoms with Crippen LogP contribution in [0.1, 0.15) is 61.0 Å². The molecule has 152 valence electrons. The van der Waals surface area contributed by atoms with Gasteiger partial charge in [0.25, 0.3) is 0 Å². The number of thiazole rings is 1. The molecule has 0 radical (unpaired) electrons. The van der Waals surface area contributed by atoms with E-state index in [1.165, 1.54) is 30.6 Å². The Bertz CT molecular complexity index is 601. The summed E-state index contributed by atoms with van der Waals surface area (Å²) in [7, 11) is 0. The number of aromatic nitrogens is 1. The molecule has 0 atom stereocenters. The highest BCUT2D eigenvalue weighted by Crippen LogP contribution is 2.26. The molecule has 1 N–H and O–H groups in total. The van der Waals surface area contributed by atoms with Crippen molar-refractivity contribution in [3.63, 3.8) is 0 Å². The Kier molecular flexibility index (Phi) is 7.94. The van der Waals surface area contributed by atoms with Gasteiger partial charge in [0.15, 0.2) is 5.96 Å². The van der Waals surface area contributed by atoms with Gasteiger partial charge in [-0.15, -0.1) is 11.3 Å². The number of guanidine groups is 1. The number of hydrogen-bond donors (Lipinski definition) is 1. The lowest BCUT2D eigenvalue weighted by Gasteiger charge is -2.34. The number of piperidine rings is 1. The third-order valence-electron chi connectivity index (χ3n) is 5.72. The highest BCUT2D eigenvalue weighted by atomic mass is 32.1. The zero-order chi connectivity index (χ0) is 19.1. The van der Waals surface area contributed by atoms with Crippen molar-refractivity contribution in [3.05, 3.63) is 15.6 Å². The van der Waals surface area contributed by atoms with E-state index in [1.54, 1.807) is 11.3 Å². The first-order valence-corrected chi connectivity index (χ1v) is 11.5. The van der Waals surface area contributed by atoms with Gasteiger partial charge in [0, 0.05) is 44.1 Å². The second-order valence-corrected chi connectivity index (χ2v) is 9.19. The van der Waals surface area contributed by atoms with E-state index in [1.807, 2.05) is 0 Å². The molecule has 1 aromatic rings. The molecule has 0 bridgehead atoms. The molecular formula is C21H36N4OS. The van der Waals surface area contributed by atoms with Crippen LogP contribution in [0.2, 0.25) is 0 Å². The number of ether oxygens (including phenoxy) is 1. The van der Waals surface area contributed by atoms with Crippen LogP contribution >= 0.6 is 11.3 Å². The third kappa shape index (κ3) is 6.18. The Labute approximate surface area is 168 Å². The Balaban J connectivity index is 1.44. The fraction of sp³-hybridized carbons (Fsp3) is 0.810. The highest BCUT2D eigenvalue weighted by Gasteiger charge is 2.23. The minimum absolute atomic E-state index is 0.438. The zero-order valence-corrected chi connectivity index (χ0v) is 18.1. The predicted molar refractivity (Wildman–Crippen MR) is 114 cm³/mol. The summed E-state index contributed by atoms with van der Waals surface area (Å²) in [6, 6.07) is 0. The van der Waals surface area contributed by atoms with Gasteiger partial charge >= 0.3 is 0 Å². The number of hydrogen-bond acceptors (Lipinski definition) is 4. The molecule has 0 aromatic carbocycles. The Morgan fingerprint density at radius 3 is 2.59 bits per heavy atom. The molecule has 27 heavy (non-hydrogen) atoms. The summed E-state index contributed by atoms with van der Waals surface area (Å²) in [5, 5.41) is 4.62.